The van der Waals surface area contributed by atoms with Gasteiger partial charge in [-0.25, -0.2) is 0 Å². The second-order valence-electron chi connectivity index (χ2n) is 8.06. The Morgan fingerprint density at radius 1 is 0.941 bits per heavy atom. The molecule has 0 saturated heterocycles. The lowest BCUT2D eigenvalue weighted by Crippen LogP contribution is -2.34. The van der Waals surface area contributed by atoms with Crippen LogP contribution in [0, 0.1) is 6.92 Å². The van der Waals surface area contributed by atoms with Crippen LogP contribution in [0.5, 0.6) is 5.75 Å². The molecule has 1 heterocycles. The Labute approximate surface area is 199 Å². The summed E-state index contributed by atoms with van der Waals surface area (Å²) < 4.78 is 7.28. The van der Waals surface area contributed by atoms with Gasteiger partial charge in [0, 0.05) is 17.3 Å². The predicted octanol–water partition coefficient (Wildman–Crippen LogP) is 4.75. The minimum absolute atomic E-state index is 0.264. The third kappa shape index (κ3) is 5.38. The fraction of sp³-hybridized carbons (Fsp3) is 0.185. The van der Waals surface area contributed by atoms with Crippen LogP contribution >= 0.6 is 0 Å². The summed E-state index contributed by atoms with van der Waals surface area (Å²) >= 11 is 0. The molecule has 0 unspecified atom stereocenters. The molecule has 4 rings (SSSR count). The average Bonchev–Trinajstić information content (AvgIpc) is 2.86. The van der Waals surface area contributed by atoms with Crippen LogP contribution in [-0.4, -0.2) is 33.9 Å². The highest BCUT2D eigenvalue weighted by molar-refractivity contribution is 5.79. The van der Waals surface area contributed by atoms with Crippen LogP contribution in [0.25, 0.3) is 11.3 Å². The average molecular weight is 454 g/mol. The number of ether oxygens (including phenoxy) is 1. The number of hydrogen-bond acceptors (Lipinski definition) is 6. The zero-order valence-corrected chi connectivity index (χ0v) is 19.5. The normalized spacial score (nSPS) is 11.2. The first-order valence-corrected chi connectivity index (χ1v) is 11.1. The smallest absolute Gasteiger partial charge is 0.301 e. The Morgan fingerprint density at radius 3 is 2.24 bits per heavy atom. The van der Waals surface area contributed by atoms with Crippen molar-refractivity contribution in [3.05, 3.63) is 107 Å². The molecule has 0 atom stereocenters. The number of para-hydroxylation sites is 1. The summed E-state index contributed by atoms with van der Waals surface area (Å²) in [7, 11) is 0. The van der Waals surface area contributed by atoms with Crippen LogP contribution in [0.3, 0.4) is 0 Å². The van der Waals surface area contributed by atoms with Gasteiger partial charge in [-0.2, -0.15) is 9.78 Å². The van der Waals surface area contributed by atoms with Gasteiger partial charge in [0.2, 0.25) is 0 Å². The Hall–Kier alpha value is -4.26. The maximum atomic E-state index is 12.9. The van der Waals surface area contributed by atoms with Crippen molar-refractivity contribution in [2.75, 3.05) is 11.6 Å². The summed E-state index contributed by atoms with van der Waals surface area (Å²) in [6, 6.07) is 27.3. The topological polar surface area (TPSA) is 72.6 Å². The van der Waals surface area contributed by atoms with Gasteiger partial charge < -0.3 is 9.64 Å². The minimum atomic E-state index is -0.315. The largest absolute Gasteiger partial charge is 0.473 e. The van der Waals surface area contributed by atoms with Gasteiger partial charge in [-0.15, -0.1) is 10.2 Å². The number of hydrogen-bond donors (Lipinski definition) is 0. The molecule has 34 heavy (non-hydrogen) atoms. The summed E-state index contributed by atoms with van der Waals surface area (Å²) in [5.74, 6) is 1.17. The van der Waals surface area contributed by atoms with Gasteiger partial charge in [0.05, 0.1) is 6.21 Å². The lowest BCUT2D eigenvalue weighted by Gasteiger charge is -2.28. The molecule has 0 fully saturated rings. The van der Waals surface area contributed by atoms with Crippen molar-refractivity contribution in [2.24, 2.45) is 5.10 Å². The minimum Gasteiger partial charge on any atom is -0.473 e. The lowest BCUT2D eigenvalue weighted by molar-refractivity contribution is 0.304. The van der Waals surface area contributed by atoms with Gasteiger partial charge in [0.25, 0.3) is 0 Å². The van der Waals surface area contributed by atoms with E-state index in [4.69, 9.17) is 4.74 Å². The zero-order chi connectivity index (χ0) is 23.9. The van der Waals surface area contributed by atoms with Crippen molar-refractivity contribution in [3.63, 3.8) is 0 Å². The summed E-state index contributed by atoms with van der Waals surface area (Å²) in [5.41, 5.74) is 2.60. The van der Waals surface area contributed by atoms with Crippen molar-refractivity contribution in [3.8, 4) is 17.0 Å². The molecule has 1 aromatic heterocycles. The molecular weight excluding hydrogens is 426 g/mol. The lowest BCUT2D eigenvalue weighted by atomic mass is 10.2. The number of anilines is 1. The van der Waals surface area contributed by atoms with Crippen molar-refractivity contribution in [2.45, 2.75) is 26.8 Å². The van der Waals surface area contributed by atoms with E-state index in [1.54, 1.807) is 13.1 Å². The van der Waals surface area contributed by atoms with Crippen LogP contribution in [0.1, 0.15) is 25.2 Å². The van der Waals surface area contributed by atoms with E-state index in [0.717, 1.165) is 17.0 Å². The zero-order valence-electron chi connectivity index (χ0n) is 19.5. The molecule has 0 N–H and O–H groups in total. The van der Waals surface area contributed by atoms with Crippen molar-refractivity contribution >= 4 is 11.9 Å². The summed E-state index contributed by atoms with van der Waals surface area (Å²) in [5, 5.41) is 12.5. The van der Waals surface area contributed by atoms with Crippen LogP contribution in [-0.2, 0) is 0 Å². The molecule has 0 aliphatic heterocycles. The van der Waals surface area contributed by atoms with Gasteiger partial charge in [0.1, 0.15) is 5.75 Å². The maximum absolute atomic E-state index is 12.9. The maximum Gasteiger partial charge on any atom is 0.301 e. The van der Waals surface area contributed by atoms with Gasteiger partial charge >= 0.3 is 5.56 Å². The first-order valence-electron chi connectivity index (χ1n) is 11.1. The Morgan fingerprint density at radius 2 is 1.59 bits per heavy atom. The molecule has 3 aromatic carbocycles. The fourth-order valence-electron chi connectivity index (χ4n) is 3.43. The molecule has 7 nitrogen and oxygen atoms in total. The molecule has 0 bridgehead atoms. The van der Waals surface area contributed by atoms with E-state index < -0.39 is 0 Å². The van der Waals surface area contributed by atoms with Gasteiger partial charge in [-0.1, -0.05) is 48.5 Å². The van der Waals surface area contributed by atoms with E-state index in [-0.39, 0.29) is 11.3 Å². The highest BCUT2D eigenvalue weighted by atomic mass is 16.5. The first kappa shape index (κ1) is 22.9. The second kappa shape index (κ2) is 10.6. The highest BCUT2D eigenvalue weighted by Crippen LogP contribution is 2.18. The van der Waals surface area contributed by atoms with Gasteiger partial charge in [-0.3, -0.25) is 4.79 Å². The summed E-state index contributed by atoms with van der Waals surface area (Å²) in [6.07, 6.45) is 1.62. The Kier molecular flexibility index (Phi) is 7.13. The Bertz CT molecular complexity index is 1300. The van der Waals surface area contributed by atoms with Crippen LogP contribution < -0.4 is 15.2 Å². The third-order valence-electron chi connectivity index (χ3n) is 5.33. The number of nitrogens with zero attached hydrogens (tertiary/aromatic N) is 5. The van der Waals surface area contributed by atoms with Crippen molar-refractivity contribution < 1.29 is 4.74 Å². The Balaban J connectivity index is 1.47. The molecule has 0 aliphatic rings. The molecule has 7 heteroatoms. The molecule has 0 saturated carbocycles. The molecule has 172 valence electrons. The van der Waals surface area contributed by atoms with E-state index in [9.17, 15) is 4.79 Å². The van der Waals surface area contributed by atoms with Crippen LogP contribution in [0.15, 0.2) is 94.8 Å². The number of aromatic nitrogens is 3. The number of aryl methyl sites for hydroxylation is 1. The SMILES string of the molecule is Cc1nnc(-c2ccccc2)c(=O)n1N=Cc1ccc(OCN(c2ccccc2)C(C)C)cc1. The van der Waals surface area contributed by atoms with Crippen LogP contribution in [0.2, 0.25) is 0 Å². The van der Waals surface area contributed by atoms with Crippen LogP contribution in [0.4, 0.5) is 5.69 Å². The number of rotatable bonds is 8. The third-order valence-corrected chi connectivity index (χ3v) is 5.33. The molecular formula is C27H27N5O2. The van der Waals surface area contributed by atoms with E-state index in [2.05, 4.69) is 46.2 Å². The molecule has 0 spiro atoms. The number of benzene rings is 3. The van der Waals surface area contributed by atoms with E-state index in [1.165, 1.54) is 4.68 Å². The van der Waals surface area contributed by atoms with Gasteiger partial charge in [0.15, 0.2) is 18.2 Å². The van der Waals surface area contributed by atoms with E-state index in [1.807, 2.05) is 72.8 Å². The highest BCUT2D eigenvalue weighted by Gasteiger charge is 2.12. The molecule has 0 amide bonds. The van der Waals surface area contributed by atoms with E-state index in [0.29, 0.717) is 24.2 Å². The summed E-state index contributed by atoms with van der Waals surface area (Å²) in [6.45, 7) is 6.41. The second-order valence-corrected chi connectivity index (χ2v) is 8.06. The fourth-order valence-corrected chi connectivity index (χ4v) is 3.43. The van der Waals surface area contributed by atoms with Crippen molar-refractivity contribution in [1.29, 1.82) is 0 Å². The standard InChI is InChI=1S/C27H27N5O2/c1-20(2)31(24-12-8-5-9-13-24)19-34-25-16-14-22(15-17-25)18-28-32-21(3)29-30-26(27(32)33)23-10-6-4-7-11-23/h4-18,20H,19H2,1-3H3. The first-order chi connectivity index (χ1) is 16.5. The van der Waals surface area contributed by atoms with Crippen molar-refractivity contribution in [1.82, 2.24) is 14.9 Å². The summed E-state index contributed by atoms with van der Waals surface area (Å²) in [4.78, 5) is 15.1. The monoisotopic (exact) mass is 453 g/mol. The molecule has 0 aliphatic carbocycles. The molecule has 0 radical (unpaired) electrons. The van der Waals surface area contributed by atoms with Gasteiger partial charge in [-0.05, 0) is 62.7 Å². The molecule has 4 aromatic rings. The quantitative estimate of drug-likeness (QED) is 0.284. The predicted molar refractivity (Wildman–Crippen MR) is 135 cm³/mol. The van der Waals surface area contributed by atoms with E-state index >= 15 is 0 Å².